The van der Waals surface area contributed by atoms with Crippen LogP contribution in [0.25, 0.3) is 11.1 Å². The lowest BCUT2D eigenvalue weighted by Crippen LogP contribution is -2.30. The summed E-state index contributed by atoms with van der Waals surface area (Å²) >= 11 is 0. The molecule has 112 valence electrons. The Hall–Kier alpha value is -2.06. The zero-order valence-electron chi connectivity index (χ0n) is 12.0. The van der Waals surface area contributed by atoms with Crippen molar-refractivity contribution in [3.63, 3.8) is 0 Å². The minimum Gasteiger partial charge on any atom is -0.459 e. The minimum absolute atomic E-state index is 0.175. The molecule has 0 atom stereocenters. The van der Waals surface area contributed by atoms with Crippen LogP contribution in [-0.2, 0) is 16.1 Å². The molecule has 0 fully saturated rings. The Balaban J connectivity index is 2.34. The molecule has 0 saturated carbocycles. The maximum absolute atomic E-state index is 11.8. The smallest absolute Gasteiger partial charge is 0.459 e. The van der Waals surface area contributed by atoms with E-state index in [2.05, 4.69) is 0 Å². The fourth-order valence-electron chi connectivity index (χ4n) is 1.90. The van der Waals surface area contributed by atoms with E-state index in [1.165, 1.54) is 18.2 Å². The number of carbonyl (C=O) groups excluding carboxylic acids is 1. The zero-order chi connectivity index (χ0) is 15.8. The summed E-state index contributed by atoms with van der Waals surface area (Å²) in [5.41, 5.74) is 0.110. The molecule has 0 unspecified atom stereocenters. The lowest BCUT2D eigenvalue weighted by molar-refractivity contribution is -0.155. The number of nitrogens with zero attached hydrogens (tertiary/aromatic N) is 1. The van der Waals surface area contributed by atoms with Crippen LogP contribution in [0.15, 0.2) is 27.4 Å². The number of esters is 1. The van der Waals surface area contributed by atoms with Crippen molar-refractivity contribution in [1.29, 1.82) is 0 Å². The largest absolute Gasteiger partial charge is 0.488 e. The normalized spacial score (nSPS) is 11.7. The molecule has 0 amide bonds. The molecule has 2 N–H and O–H groups in total. The number of ether oxygens (including phenoxy) is 1. The number of hydrogen-bond donors (Lipinski definition) is 2. The van der Waals surface area contributed by atoms with Crippen LogP contribution in [0.5, 0.6) is 0 Å². The molecule has 2 rings (SSSR count). The minimum atomic E-state index is -1.66. The first-order valence-corrected chi connectivity index (χ1v) is 6.38. The zero-order valence-corrected chi connectivity index (χ0v) is 12.0. The number of aromatic nitrogens is 1. The average molecular weight is 293 g/mol. The molecule has 1 heterocycles. The van der Waals surface area contributed by atoms with Gasteiger partial charge in [0.1, 0.15) is 12.1 Å². The summed E-state index contributed by atoms with van der Waals surface area (Å²) in [6, 6.07) is 4.26. The van der Waals surface area contributed by atoms with Crippen molar-refractivity contribution in [2.75, 3.05) is 0 Å². The van der Waals surface area contributed by atoms with Gasteiger partial charge < -0.3 is 19.2 Å². The van der Waals surface area contributed by atoms with Crippen LogP contribution in [0.3, 0.4) is 0 Å². The second-order valence-electron chi connectivity index (χ2n) is 5.64. The standard InChI is InChI=1S/C13H16BNO6/c1-13(2,3)21-11(16)7-15-9-5-4-8(14(18)19)6-10(9)20-12(15)17/h4-6,18-19H,7H2,1-3H3. The number of benzene rings is 1. The van der Waals surface area contributed by atoms with Gasteiger partial charge in [0.25, 0.3) is 0 Å². The molecular formula is C13H16BNO6. The number of fused-ring (bicyclic) bond motifs is 1. The van der Waals surface area contributed by atoms with Gasteiger partial charge in [-0.05, 0) is 38.4 Å². The SMILES string of the molecule is CC(C)(C)OC(=O)Cn1c(=O)oc2cc(B(O)O)ccc21. The summed E-state index contributed by atoms with van der Waals surface area (Å²) in [6.45, 7) is 4.92. The van der Waals surface area contributed by atoms with Crippen molar-refractivity contribution >= 4 is 29.7 Å². The Morgan fingerprint density at radius 3 is 2.62 bits per heavy atom. The third kappa shape index (κ3) is 3.53. The lowest BCUT2D eigenvalue weighted by Gasteiger charge is -2.19. The molecule has 0 aliphatic heterocycles. The Bertz CT molecular complexity index is 724. The number of hydrogen-bond acceptors (Lipinski definition) is 6. The van der Waals surface area contributed by atoms with Gasteiger partial charge in [-0.25, -0.2) is 4.79 Å². The fourth-order valence-corrected chi connectivity index (χ4v) is 1.90. The van der Waals surface area contributed by atoms with E-state index in [1.807, 2.05) is 0 Å². The van der Waals surface area contributed by atoms with E-state index >= 15 is 0 Å². The van der Waals surface area contributed by atoms with Crippen molar-refractivity contribution in [3.05, 3.63) is 28.7 Å². The van der Waals surface area contributed by atoms with Gasteiger partial charge in [0.05, 0.1) is 5.52 Å². The number of carbonyl (C=O) groups is 1. The monoisotopic (exact) mass is 293 g/mol. The predicted molar refractivity (Wildman–Crippen MR) is 76.1 cm³/mol. The van der Waals surface area contributed by atoms with E-state index in [0.29, 0.717) is 5.52 Å². The van der Waals surface area contributed by atoms with Gasteiger partial charge in [0.2, 0.25) is 0 Å². The highest BCUT2D eigenvalue weighted by molar-refractivity contribution is 6.58. The second-order valence-corrected chi connectivity index (χ2v) is 5.64. The summed E-state index contributed by atoms with van der Waals surface area (Å²) in [5, 5.41) is 18.2. The Kier molecular flexibility index (Phi) is 3.93. The van der Waals surface area contributed by atoms with Crippen LogP contribution in [0.4, 0.5) is 0 Å². The van der Waals surface area contributed by atoms with E-state index in [9.17, 15) is 9.59 Å². The van der Waals surface area contributed by atoms with E-state index in [4.69, 9.17) is 19.2 Å². The van der Waals surface area contributed by atoms with Gasteiger partial charge >= 0.3 is 18.8 Å². The van der Waals surface area contributed by atoms with E-state index in [0.717, 1.165) is 4.57 Å². The Labute approximate surface area is 120 Å². The molecule has 2 aromatic rings. The fraction of sp³-hybridized carbons (Fsp3) is 0.385. The predicted octanol–water partition coefficient (Wildman–Crippen LogP) is -0.384. The molecule has 0 saturated heterocycles. The third-order valence-electron chi connectivity index (χ3n) is 2.70. The van der Waals surface area contributed by atoms with Crippen LogP contribution < -0.4 is 11.2 Å². The summed E-state index contributed by atoms with van der Waals surface area (Å²) < 4.78 is 11.3. The van der Waals surface area contributed by atoms with Crippen LogP contribution >= 0.6 is 0 Å². The molecule has 1 aromatic heterocycles. The van der Waals surface area contributed by atoms with E-state index in [-0.39, 0.29) is 17.6 Å². The molecule has 8 heteroatoms. The van der Waals surface area contributed by atoms with E-state index in [1.54, 1.807) is 20.8 Å². The molecule has 1 aromatic carbocycles. The molecule has 0 spiro atoms. The molecule has 21 heavy (non-hydrogen) atoms. The third-order valence-corrected chi connectivity index (χ3v) is 2.70. The lowest BCUT2D eigenvalue weighted by atomic mass is 9.80. The molecule has 0 aliphatic carbocycles. The summed E-state index contributed by atoms with van der Waals surface area (Å²) in [7, 11) is -1.66. The Morgan fingerprint density at radius 1 is 1.38 bits per heavy atom. The van der Waals surface area contributed by atoms with Crippen LogP contribution in [0.2, 0.25) is 0 Å². The maximum Gasteiger partial charge on any atom is 0.488 e. The van der Waals surface area contributed by atoms with Crippen LogP contribution in [-0.4, -0.2) is 33.3 Å². The van der Waals surface area contributed by atoms with Gasteiger partial charge in [-0.3, -0.25) is 9.36 Å². The van der Waals surface area contributed by atoms with Gasteiger partial charge in [0, 0.05) is 0 Å². The average Bonchev–Trinajstić information content (AvgIpc) is 2.62. The van der Waals surface area contributed by atoms with Crippen molar-refractivity contribution in [2.45, 2.75) is 32.9 Å². The number of rotatable bonds is 3. The molecule has 7 nitrogen and oxygen atoms in total. The highest BCUT2D eigenvalue weighted by Gasteiger charge is 2.20. The highest BCUT2D eigenvalue weighted by Crippen LogP contribution is 2.13. The molecule has 0 bridgehead atoms. The van der Waals surface area contributed by atoms with Crippen LogP contribution in [0, 0.1) is 0 Å². The Morgan fingerprint density at radius 2 is 2.05 bits per heavy atom. The van der Waals surface area contributed by atoms with Crippen LogP contribution in [0.1, 0.15) is 20.8 Å². The first-order chi connectivity index (χ1) is 9.67. The molecule has 0 aliphatic rings. The van der Waals surface area contributed by atoms with Gasteiger partial charge in [0.15, 0.2) is 5.58 Å². The topological polar surface area (TPSA) is 102 Å². The first-order valence-electron chi connectivity index (χ1n) is 6.38. The van der Waals surface area contributed by atoms with E-state index < -0.39 is 24.4 Å². The maximum atomic E-state index is 11.8. The first kappa shape index (κ1) is 15.3. The summed E-state index contributed by atoms with van der Waals surface area (Å²) in [6.07, 6.45) is 0. The van der Waals surface area contributed by atoms with Gasteiger partial charge in [-0.15, -0.1) is 0 Å². The summed E-state index contributed by atoms with van der Waals surface area (Å²) in [5.74, 6) is -1.26. The van der Waals surface area contributed by atoms with Crippen molar-refractivity contribution < 1.29 is 24.0 Å². The quantitative estimate of drug-likeness (QED) is 0.590. The molecular weight excluding hydrogens is 277 g/mol. The highest BCUT2D eigenvalue weighted by atomic mass is 16.6. The second kappa shape index (κ2) is 5.38. The van der Waals surface area contributed by atoms with Crippen molar-refractivity contribution in [3.8, 4) is 0 Å². The summed E-state index contributed by atoms with van der Waals surface area (Å²) in [4.78, 5) is 23.6. The van der Waals surface area contributed by atoms with Gasteiger partial charge in [-0.2, -0.15) is 0 Å². The van der Waals surface area contributed by atoms with Crippen molar-refractivity contribution in [2.24, 2.45) is 0 Å². The van der Waals surface area contributed by atoms with Gasteiger partial charge in [-0.1, -0.05) is 6.07 Å². The molecule has 0 radical (unpaired) electrons. The van der Waals surface area contributed by atoms with Crippen molar-refractivity contribution in [1.82, 2.24) is 4.57 Å². The number of oxazole rings is 1.